The van der Waals surface area contributed by atoms with Crippen LogP contribution in [0, 0.1) is 5.92 Å². The maximum Gasteiger partial charge on any atom is 0.173 e. The molecular weight excluding hydrogens is 204 g/mol. The second-order valence-electron chi connectivity index (χ2n) is 6.14. The normalized spacial score (nSPS) is 13.7. The minimum atomic E-state index is -1.34. The molecule has 0 rings (SSSR count). The summed E-state index contributed by atoms with van der Waals surface area (Å²) >= 11 is 0. The first-order chi connectivity index (χ1) is 6.17. The Hall–Kier alpha value is 0.394. The molecule has 0 aliphatic rings. The smallest absolute Gasteiger partial charge is 0.173 e. The molecule has 86 valence electrons. The van der Waals surface area contributed by atoms with E-state index < -0.39 is 15.4 Å². The summed E-state index contributed by atoms with van der Waals surface area (Å²) in [5.74, 6) is 0.815. The highest BCUT2D eigenvalue weighted by atomic mass is 29.3. The van der Waals surface area contributed by atoms with Crippen LogP contribution >= 0.6 is 0 Å². The molecule has 0 atom stereocenters. The topological polar surface area (TPSA) is 9.23 Å². The van der Waals surface area contributed by atoms with Crippen LogP contribution in [0.15, 0.2) is 0 Å². The van der Waals surface area contributed by atoms with E-state index in [0.29, 0.717) is 0 Å². The third-order valence-corrected chi connectivity index (χ3v) is 19.0. The predicted octanol–water partition coefficient (Wildman–Crippen LogP) is 4.06. The fourth-order valence-electron chi connectivity index (χ4n) is 1.04. The number of hydrogen-bond acceptors (Lipinski definition) is 1. The second-order valence-corrected chi connectivity index (χ2v) is 22.1. The van der Waals surface area contributed by atoms with Crippen molar-refractivity contribution in [1.29, 1.82) is 0 Å². The van der Waals surface area contributed by atoms with Gasteiger partial charge in [-0.05, 0) is 31.9 Å². The van der Waals surface area contributed by atoms with Gasteiger partial charge in [-0.3, -0.25) is 0 Å². The summed E-state index contributed by atoms with van der Waals surface area (Å²) in [6, 6.07) is 0. The van der Waals surface area contributed by atoms with Crippen molar-refractivity contribution >= 4 is 15.4 Å². The average Bonchev–Trinajstić information content (AvgIpc) is 1.95. The molecule has 0 unspecified atom stereocenters. The van der Waals surface area contributed by atoms with E-state index in [-0.39, 0.29) is 0 Å². The van der Waals surface area contributed by atoms with Crippen LogP contribution in [0.25, 0.3) is 0 Å². The molecule has 0 fully saturated rings. The zero-order valence-electron chi connectivity index (χ0n) is 11.1. The summed E-state index contributed by atoms with van der Waals surface area (Å²) < 4.78 is 6.14. The van der Waals surface area contributed by atoms with Gasteiger partial charge in [-0.2, -0.15) is 0 Å². The molecule has 0 aromatic rings. The van der Waals surface area contributed by atoms with E-state index in [1.807, 2.05) is 0 Å². The maximum atomic E-state index is 6.14. The van der Waals surface area contributed by atoms with Crippen LogP contribution in [-0.4, -0.2) is 22.0 Å². The van der Waals surface area contributed by atoms with Crippen molar-refractivity contribution in [3.8, 4) is 0 Å². The highest BCUT2D eigenvalue weighted by Gasteiger charge is 2.38. The van der Waals surface area contributed by atoms with Gasteiger partial charge >= 0.3 is 0 Å². The third-order valence-electron chi connectivity index (χ3n) is 3.19. The van der Waals surface area contributed by atoms with Gasteiger partial charge in [0.1, 0.15) is 0 Å². The van der Waals surface area contributed by atoms with Crippen LogP contribution in [0.2, 0.25) is 32.7 Å². The van der Waals surface area contributed by atoms with E-state index in [4.69, 9.17) is 4.43 Å². The first kappa shape index (κ1) is 14.4. The van der Waals surface area contributed by atoms with Crippen LogP contribution in [-0.2, 0) is 4.43 Å². The maximum absolute atomic E-state index is 6.14. The van der Waals surface area contributed by atoms with Gasteiger partial charge in [0.15, 0.2) is 7.83 Å². The van der Waals surface area contributed by atoms with Crippen molar-refractivity contribution in [2.24, 2.45) is 5.92 Å². The molecule has 0 bridgehead atoms. The molecule has 0 heterocycles. The lowest BCUT2D eigenvalue weighted by Gasteiger charge is -2.34. The summed E-state index contributed by atoms with van der Waals surface area (Å²) in [4.78, 5) is 0. The van der Waals surface area contributed by atoms with E-state index in [0.717, 1.165) is 12.5 Å². The van der Waals surface area contributed by atoms with E-state index in [1.165, 1.54) is 12.8 Å². The van der Waals surface area contributed by atoms with Crippen LogP contribution in [0.3, 0.4) is 0 Å². The van der Waals surface area contributed by atoms with Crippen LogP contribution < -0.4 is 0 Å². The fourth-order valence-corrected chi connectivity index (χ4v) is 3.73. The lowest BCUT2D eigenvalue weighted by atomic mass is 10.1. The molecule has 3 heteroatoms. The molecule has 0 radical (unpaired) electrons. The van der Waals surface area contributed by atoms with E-state index in [2.05, 4.69) is 46.6 Å². The van der Waals surface area contributed by atoms with Crippen molar-refractivity contribution in [2.75, 3.05) is 6.61 Å². The van der Waals surface area contributed by atoms with E-state index in [9.17, 15) is 0 Å². The van der Waals surface area contributed by atoms with Gasteiger partial charge in [-0.1, -0.05) is 33.5 Å². The summed E-state index contributed by atoms with van der Waals surface area (Å²) in [6.07, 6.45) is 2.54. The molecule has 0 amide bonds. The van der Waals surface area contributed by atoms with Gasteiger partial charge in [0.25, 0.3) is 0 Å². The van der Waals surface area contributed by atoms with E-state index in [1.54, 1.807) is 0 Å². The van der Waals surface area contributed by atoms with Crippen molar-refractivity contribution in [3.05, 3.63) is 0 Å². The Morgan fingerprint density at radius 3 is 1.86 bits per heavy atom. The molecule has 0 aliphatic heterocycles. The van der Waals surface area contributed by atoms with Crippen molar-refractivity contribution < 1.29 is 4.43 Å². The van der Waals surface area contributed by atoms with Gasteiger partial charge in [-0.15, -0.1) is 0 Å². The standard InChI is InChI=1S/C11H28OSi2/c1-11(2)9-8-10-12-14(6,7)13(3,4)5/h11H,8-10H2,1-7H3. The third kappa shape index (κ3) is 5.32. The predicted molar refractivity (Wildman–Crippen MR) is 70.9 cm³/mol. The summed E-state index contributed by atoms with van der Waals surface area (Å²) in [5, 5.41) is 0. The van der Waals surface area contributed by atoms with Crippen LogP contribution in [0.1, 0.15) is 26.7 Å². The molecule has 0 N–H and O–H groups in total. The molecule has 0 saturated heterocycles. The monoisotopic (exact) mass is 232 g/mol. The Labute approximate surface area is 92.2 Å². The van der Waals surface area contributed by atoms with Crippen molar-refractivity contribution in [1.82, 2.24) is 0 Å². The van der Waals surface area contributed by atoms with E-state index >= 15 is 0 Å². The average molecular weight is 233 g/mol. The molecular formula is C11H28OSi2. The first-order valence-corrected chi connectivity index (χ1v) is 13.2. The SMILES string of the molecule is CC(C)CCCO[Si](C)(C)[Si](C)(C)C. The Morgan fingerprint density at radius 1 is 1.00 bits per heavy atom. The Balaban J connectivity index is 3.78. The zero-order valence-corrected chi connectivity index (χ0v) is 13.1. The summed E-state index contributed by atoms with van der Waals surface area (Å²) in [7, 11) is -2.38. The quantitative estimate of drug-likeness (QED) is 0.496. The largest absolute Gasteiger partial charge is 0.420 e. The summed E-state index contributed by atoms with van der Waals surface area (Å²) in [6.45, 7) is 17.6. The molecule has 1 nitrogen and oxygen atoms in total. The zero-order chi connectivity index (χ0) is 11.4. The highest BCUT2D eigenvalue weighted by Crippen LogP contribution is 2.20. The number of rotatable bonds is 6. The van der Waals surface area contributed by atoms with Crippen LogP contribution in [0.5, 0.6) is 0 Å². The van der Waals surface area contributed by atoms with Crippen molar-refractivity contribution in [3.63, 3.8) is 0 Å². The lowest BCUT2D eigenvalue weighted by molar-refractivity contribution is 0.297. The van der Waals surface area contributed by atoms with Crippen LogP contribution in [0.4, 0.5) is 0 Å². The molecule has 0 spiro atoms. The Kier molecular flexibility index (Phi) is 5.62. The Bertz CT molecular complexity index is 159. The molecule has 0 aromatic heterocycles. The lowest BCUT2D eigenvalue weighted by Crippen LogP contribution is -2.54. The van der Waals surface area contributed by atoms with Crippen molar-refractivity contribution in [2.45, 2.75) is 59.4 Å². The number of hydrogen-bond donors (Lipinski definition) is 0. The molecule has 14 heavy (non-hydrogen) atoms. The molecule has 0 aliphatic carbocycles. The second kappa shape index (κ2) is 5.47. The minimum Gasteiger partial charge on any atom is -0.420 e. The van der Waals surface area contributed by atoms with Gasteiger partial charge in [0.2, 0.25) is 0 Å². The fraction of sp³-hybridized carbons (Fsp3) is 1.00. The molecule has 0 aromatic carbocycles. The highest BCUT2D eigenvalue weighted by molar-refractivity contribution is 7.37. The minimum absolute atomic E-state index is 0.815. The van der Waals surface area contributed by atoms with Gasteiger partial charge in [0, 0.05) is 6.61 Å². The van der Waals surface area contributed by atoms with Gasteiger partial charge in [0.05, 0.1) is 7.59 Å². The summed E-state index contributed by atoms with van der Waals surface area (Å²) in [5.41, 5.74) is 0. The Morgan fingerprint density at radius 2 is 1.50 bits per heavy atom. The van der Waals surface area contributed by atoms with Gasteiger partial charge < -0.3 is 4.43 Å². The first-order valence-electron chi connectivity index (χ1n) is 5.81. The molecule has 0 saturated carbocycles. The van der Waals surface area contributed by atoms with Gasteiger partial charge in [-0.25, -0.2) is 0 Å².